The topological polar surface area (TPSA) is 73.6 Å². The van der Waals surface area contributed by atoms with Crippen LogP contribution in [0.4, 0.5) is 5.69 Å². The van der Waals surface area contributed by atoms with Gasteiger partial charge in [-0.1, -0.05) is 24.3 Å². The molecule has 0 aliphatic heterocycles. The maximum absolute atomic E-state index is 11.8. The Labute approximate surface area is 136 Å². The van der Waals surface area contributed by atoms with Gasteiger partial charge in [-0.05, 0) is 42.7 Å². The lowest BCUT2D eigenvalue weighted by Crippen LogP contribution is -2.30. The lowest BCUT2D eigenvalue weighted by atomic mass is 10.1. The van der Waals surface area contributed by atoms with Crippen LogP contribution in [0.1, 0.15) is 12.0 Å². The third-order valence-electron chi connectivity index (χ3n) is 3.37. The number of hydrogen-bond acceptors (Lipinski definition) is 4. The number of para-hydroxylation sites is 2. The van der Waals surface area contributed by atoms with E-state index in [0.29, 0.717) is 18.0 Å². The summed E-state index contributed by atoms with van der Waals surface area (Å²) < 4.78 is 10.6. The number of aryl methyl sites for hydroxylation is 1. The van der Waals surface area contributed by atoms with Gasteiger partial charge in [0.1, 0.15) is 0 Å². The summed E-state index contributed by atoms with van der Waals surface area (Å²) >= 11 is 0. The third kappa shape index (κ3) is 5.54. The van der Waals surface area contributed by atoms with Crippen molar-refractivity contribution in [3.05, 3.63) is 54.1 Å². The van der Waals surface area contributed by atoms with Gasteiger partial charge in [-0.15, -0.1) is 0 Å². The molecule has 0 aromatic heterocycles. The summed E-state index contributed by atoms with van der Waals surface area (Å²) in [5.74, 6) is 1.03. The normalized spacial score (nSPS) is 10.1. The number of carbonyl (C=O) groups excluding carboxylic acids is 1. The minimum atomic E-state index is -0.145. The molecule has 0 saturated carbocycles. The van der Waals surface area contributed by atoms with Crippen molar-refractivity contribution in [2.45, 2.75) is 12.8 Å². The molecule has 0 fully saturated rings. The fraction of sp³-hybridized carbons (Fsp3) is 0.278. The first-order chi connectivity index (χ1) is 11.2. The van der Waals surface area contributed by atoms with Crippen molar-refractivity contribution < 1.29 is 14.3 Å². The van der Waals surface area contributed by atoms with Gasteiger partial charge in [0.2, 0.25) is 0 Å². The SMILES string of the molecule is COc1ccccc1OCC(=O)NCCCc1ccc(N)cc1. The molecule has 0 radical (unpaired) electrons. The summed E-state index contributed by atoms with van der Waals surface area (Å²) in [7, 11) is 1.57. The van der Waals surface area contributed by atoms with Gasteiger partial charge in [0.05, 0.1) is 7.11 Å². The predicted octanol–water partition coefficient (Wildman–Crippen LogP) is 2.41. The molecule has 5 nitrogen and oxygen atoms in total. The van der Waals surface area contributed by atoms with Gasteiger partial charge in [-0.2, -0.15) is 0 Å². The Morgan fingerprint density at radius 1 is 1.09 bits per heavy atom. The van der Waals surface area contributed by atoms with Gasteiger partial charge in [0.15, 0.2) is 18.1 Å². The van der Waals surface area contributed by atoms with Crippen LogP contribution in [0.15, 0.2) is 48.5 Å². The number of carbonyl (C=O) groups is 1. The first kappa shape index (κ1) is 16.7. The molecule has 0 aliphatic carbocycles. The molecule has 5 heteroatoms. The first-order valence-electron chi connectivity index (χ1n) is 7.56. The molecular formula is C18H22N2O3. The monoisotopic (exact) mass is 314 g/mol. The van der Waals surface area contributed by atoms with Crippen LogP contribution in [-0.2, 0) is 11.2 Å². The number of nitrogens with one attached hydrogen (secondary N) is 1. The summed E-state index contributed by atoms with van der Waals surface area (Å²) in [5.41, 5.74) is 7.61. The van der Waals surface area contributed by atoms with E-state index < -0.39 is 0 Å². The molecule has 0 saturated heterocycles. The quantitative estimate of drug-likeness (QED) is 0.580. The summed E-state index contributed by atoms with van der Waals surface area (Å²) in [6.07, 6.45) is 1.76. The number of nitrogens with two attached hydrogens (primary N) is 1. The lowest BCUT2D eigenvalue weighted by molar-refractivity contribution is -0.123. The van der Waals surface area contributed by atoms with Gasteiger partial charge in [-0.25, -0.2) is 0 Å². The maximum atomic E-state index is 11.8. The Morgan fingerprint density at radius 2 is 1.78 bits per heavy atom. The fourth-order valence-electron chi connectivity index (χ4n) is 2.14. The van der Waals surface area contributed by atoms with Crippen molar-refractivity contribution in [1.82, 2.24) is 5.32 Å². The molecule has 0 spiro atoms. The molecule has 3 N–H and O–H groups in total. The van der Waals surface area contributed by atoms with E-state index in [1.807, 2.05) is 36.4 Å². The Bertz CT molecular complexity index is 626. The van der Waals surface area contributed by atoms with Gasteiger partial charge < -0.3 is 20.5 Å². The number of ether oxygens (including phenoxy) is 2. The minimum Gasteiger partial charge on any atom is -0.493 e. The Hall–Kier alpha value is -2.69. The maximum Gasteiger partial charge on any atom is 0.257 e. The number of hydrogen-bond donors (Lipinski definition) is 2. The Balaban J connectivity index is 1.66. The highest BCUT2D eigenvalue weighted by atomic mass is 16.5. The fourth-order valence-corrected chi connectivity index (χ4v) is 2.14. The van der Waals surface area contributed by atoms with Gasteiger partial charge >= 0.3 is 0 Å². The standard InChI is InChI=1S/C18H22N2O3/c1-22-16-6-2-3-7-17(16)23-13-18(21)20-12-4-5-14-8-10-15(19)11-9-14/h2-3,6-11H,4-5,12-13,19H2,1H3,(H,20,21). The zero-order chi connectivity index (χ0) is 16.5. The molecule has 122 valence electrons. The minimum absolute atomic E-state index is 0.0256. The molecule has 0 unspecified atom stereocenters. The van der Waals surface area contributed by atoms with E-state index in [1.165, 1.54) is 5.56 Å². The summed E-state index contributed by atoms with van der Waals surface area (Å²) in [5, 5.41) is 2.84. The van der Waals surface area contributed by atoms with Crippen LogP contribution < -0.4 is 20.5 Å². The predicted molar refractivity (Wildman–Crippen MR) is 90.7 cm³/mol. The van der Waals surface area contributed by atoms with Crippen LogP contribution in [0, 0.1) is 0 Å². The van der Waals surface area contributed by atoms with E-state index in [1.54, 1.807) is 19.2 Å². The molecule has 2 aromatic rings. The molecule has 2 rings (SSSR count). The van der Waals surface area contributed by atoms with Crippen LogP contribution in [-0.4, -0.2) is 26.2 Å². The van der Waals surface area contributed by atoms with Gasteiger partial charge in [0.25, 0.3) is 5.91 Å². The average Bonchev–Trinajstić information content (AvgIpc) is 2.58. The van der Waals surface area contributed by atoms with Crippen LogP contribution in [0.3, 0.4) is 0 Å². The first-order valence-corrected chi connectivity index (χ1v) is 7.56. The highest BCUT2D eigenvalue weighted by Gasteiger charge is 2.06. The molecule has 0 aliphatic rings. The number of methoxy groups -OCH3 is 1. The highest BCUT2D eigenvalue weighted by Crippen LogP contribution is 2.25. The molecule has 1 amide bonds. The van der Waals surface area contributed by atoms with E-state index in [-0.39, 0.29) is 12.5 Å². The van der Waals surface area contributed by atoms with Crippen molar-refractivity contribution in [2.75, 3.05) is 26.0 Å². The van der Waals surface area contributed by atoms with Gasteiger partial charge in [-0.3, -0.25) is 4.79 Å². The van der Waals surface area contributed by atoms with Crippen molar-refractivity contribution in [3.8, 4) is 11.5 Å². The second-order valence-corrected chi connectivity index (χ2v) is 5.13. The van der Waals surface area contributed by atoms with E-state index in [9.17, 15) is 4.79 Å². The number of amides is 1. The Kier molecular flexibility index (Phi) is 6.29. The molecule has 23 heavy (non-hydrogen) atoms. The van der Waals surface area contributed by atoms with Crippen LogP contribution >= 0.6 is 0 Å². The van der Waals surface area contributed by atoms with Crippen molar-refractivity contribution in [3.63, 3.8) is 0 Å². The largest absolute Gasteiger partial charge is 0.493 e. The molecule has 2 aromatic carbocycles. The van der Waals surface area contributed by atoms with E-state index in [0.717, 1.165) is 18.5 Å². The summed E-state index contributed by atoms with van der Waals surface area (Å²) in [4.78, 5) is 11.8. The van der Waals surface area contributed by atoms with E-state index >= 15 is 0 Å². The van der Waals surface area contributed by atoms with Crippen LogP contribution in [0.5, 0.6) is 11.5 Å². The Morgan fingerprint density at radius 3 is 2.48 bits per heavy atom. The van der Waals surface area contributed by atoms with Gasteiger partial charge in [0, 0.05) is 12.2 Å². The average molecular weight is 314 g/mol. The second kappa shape index (κ2) is 8.68. The number of nitrogen functional groups attached to an aromatic ring is 1. The highest BCUT2D eigenvalue weighted by molar-refractivity contribution is 5.77. The molecular weight excluding hydrogens is 292 g/mol. The smallest absolute Gasteiger partial charge is 0.257 e. The molecule has 0 bridgehead atoms. The lowest BCUT2D eigenvalue weighted by Gasteiger charge is -2.10. The van der Waals surface area contributed by atoms with Crippen molar-refractivity contribution in [1.29, 1.82) is 0 Å². The van der Waals surface area contributed by atoms with Crippen LogP contribution in [0.2, 0.25) is 0 Å². The number of rotatable bonds is 8. The van der Waals surface area contributed by atoms with E-state index in [2.05, 4.69) is 5.32 Å². The van der Waals surface area contributed by atoms with Crippen molar-refractivity contribution in [2.24, 2.45) is 0 Å². The van der Waals surface area contributed by atoms with Crippen molar-refractivity contribution >= 4 is 11.6 Å². The zero-order valence-corrected chi connectivity index (χ0v) is 13.2. The van der Waals surface area contributed by atoms with E-state index in [4.69, 9.17) is 15.2 Å². The number of anilines is 1. The molecule has 0 atom stereocenters. The summed E-state index contributed by atoms with van der Waals surface area (Å²) in [6.45, 7) is 0.584. The molecule has 0 heterocycles. The number of benzene rings is 2. The zero-order valence-electron chi connectivity index (χ0n) is 13.2. The van der Waals surface area contributed by atoms with Crippen LogP contribution in [0.25, 0.3) is 0 Å². The summed E-state index contributed by atoms with van der Waals surface area (Å²) in [6, 6.07) is 15.0. The third-order valence-corrected chi connectivity index (χ3v) is 3.37. The second-order valence-electron chi connectivity index (χ2n) is 5.13.